The van der Waals surface area contributed by atoms with Crippen molar-refractivity contribution in [2.24, 2.45) is 7.05 Å². The van der Waals surface area contributed by atoms with E-state index in [4.69, 9.17) is 0 Å². The van der Waals surface area contributed by atoms with Crippen molar-refractivity contribution in [3.63, 3.8) is 0 Å². The molecule has 2 fully saturated rings. The number of hydrogen-bond acceptors (Lipinski definition) is 5. The maximum Gasteiger partial charge on any atom is 0.130 e. The van der Waals surface area contributed by atoms with Crippen LogP contribution in [0.25, 0.3) is 21.9 Å². The molecule has 34 heavy (non-hydrogen) atoms. The van der Waals surface area contributed by atoms with Gasteiger partial charge in [-0.25, -0.2) is 9.37 Å². The molecular formula is C27H35FN6. The highest BCUT2D eigenvalue weighted by atomic mass is 19.1. The van der Waals surface area contributed by atoms with Gasteiger partial charge in [0.05, 0.1) is 11.9 Å². The lowest BCUT2D eigenvalue weighted by Crippen LogP contribution is -2.36. The summed E-state index contributed by atoms with van der Waals surface area (Å²) in [5, 5.41) is 10.2. The van der Waals surface area contributed by atoms with Crippen molar-refractivity contribution in [2.75, 3.05) is 38.0 Å². The lowest BCUT2D eigenvalue weighted by atomic mass is 10.0. The second-order valence-corrected chi connectivity index (χ2v) is 9.78. The molecule has 4 heterocycles. The van der Waals surface area contributed by atoms with Gasteiger partial charge < -0.3 is 5.32 Å². The largest absolute Gasteiger partial charge is 0.343 e. The van der Waals surface area contributed by atoms with Crippen LogP contribution in [-0.2, 0) is 13.6 Å². The number of pyridine rings is 1. The first-order chi connectivity index (χ1) is 16.5. The van der Waals surface area contributed by atoms with E-state index in [1.165, 1.54) is 49.2 Å². The molecule has 0 radical (unpaired) electrons. The number of rotatable bonds is 7. The minimum Gasteiger partial charge on any atom is -0.343 e. The number of nitrogens with zero attached hydrogens (tertiary/aromatic N) is 5. The summed E-state index contributed by atoms with van der Waals surface area (Å²) in [6, 6.07) is 8.61. The van der Waals surface area contributed by atoms with E-state index in [0.717, 1.165) is 41.9 Å². The number of aromatic nitrogens is 3. The third kappa shape index (κ3) is 5.31. The highest BCUT2D eigenvalue weighted by Gasteiger charge is 2.19. The van der Waals surface area contributed by atoms with Crippen LogP contribution in [0.3, 0.4) is 0 Å². The van der Waals surface area contributed by atoms with Crippen LogP contribution in [0.2, 0.25) is 0 Å². The molecule has 2 aliphatic rings. The highest BCUT2D eigenvalue weighted by molar-refractivity contribution is 5.88. The van der Waals surface area contributed by atoms with E-state index in [9.17, 15) is 4.39 Å². The first-order valence-corrected chi connectivity index (χ1v) is 12.5. The Labute approximate surface area is 201 Å². The number of anilines is 1. The SMILES string of the molecule is C=C(CN1CCC(F)CC1)Nc1cc2cc(-c3cnn(C)c3CN3CCCCC3)ccc2cn1. The summed E-state index contributed by atoms with van der Waals surface area (Å²) in [4.78, 5) is 9.37. The third-order valence-electron chi connectivity index (χ3n) is 7.15. The predicted octanol–water partition coefficient (Wildman–Crippen LogP) is 4.98. The topological polar surface area (TPSA) is 49.2 Å². The molecule has 0 aliphatic carbocycles. The molecule has 0 bridgehead atoms. The number of likely N-dealkylation sites (tertiary alicyclic amines) is 2. The summed E-state index contributed by atoms with van der Waals surface area (Å²) >= 11 is 0. The lowest BCUT2D eigenvalue weighted by Gasteiger charge is -2.29. The summed E-state index contributed by atoms with van der Waals surface area (Å²) in [5.41, 5.74) is 4.52. The van der Waals surface area contributed by atoms with Crippen molar-refractivity contribution < 1.29 is 4.39 Å². The predicted molar refractivity (Wildman–Crippen MR) is 136 cm³/mol. The van der Waals surface area contributed by atoms with Crippen LogP contribution in [0.15, 0.2) is 48.9 Å². The number of fused-ring (bicyclic) bond motifs is 1. The Balaban J connectivity index is 1.32. The number of nitrogens with one attached hydrogen (secondary N) is 1. The fourth-order valence-corrected chi connectivity index (χ4v) is 5.15. The van der Waals surface area contributed by atoms with E-state index in [2.05, 4.69) is 56.0 Å². The molecule has 0 saturated carbocycles. The monoisotopic (exact) mass is 462 g/mol. The molecule has 2 aliphatic heterocycles. The number of alkyl halides is 1. The van der Waals surface area contributed by atoms with E-state index in [1.807, 2.05) is 24.1 Å². The van der Waals surface area contributed by atoms with Crippen LogP contribution < -0.4 is 5.32 Å². The molecule has 5 rings (SSSR count). The molecule has 2 saturated heterocycles. The van der Waals surface area contributed by atoms with Gasteiger partial charge in [0.1, 0.15) is 12.0 Å². The molecule has 3 aromatic rings. The van der Waals surface area contributed by atoms with Gasteiger partial charge in [-0.3, -0.25) is 14.5 Å². The van der Waals surface area contributed by atoms with Crippen LogP contribution in [0.4, 0.5) is 10.2 Å². The van der Waals surface area contributed by atoms with Gasteiger partial charge >= 0.3 is 0 Å². The Morgan fingerprint density at radius 3 is 2.62 bits per heavy atom. The standard InChI is InChI=1S/C27H35FN6/c1-20(18-34-12-8-24(28)9-13-34)31-27-15-23-14-21(6-7-22(23)16-29-27)25-17-30-32(2)26(25)19-33-10-4-3-5-11-33/h6-7,14-17,24H,1,3-5,8-13,18-19H2,2H3,(H,29,31). The zero-order valence-corrected chi connectivity index (χ0v) is 20.1. The summed E-state index contributed by atoms with van der Waals surface area (Å²) in [6.07, 6.45) is 8.36. The minimum atomic E-state index is -0.658. The van der Waals surface area contributed by atoms with Crippen molar-refractivity contribution in [2.45, 2.75) is 44.8 Å². The van der Waals surface area contributed by atoms with Crippen LogP contribution in [-0.4, -0.2) is 63.5 Å². The summed E-state index contributed by atoms with van der Waals surface area (Å²) in [7, 11) is 2.04. The van der Waals surface area contributed by atoms with Gasteiger partial charge in [-0.2, -0.15) is 5.10 Å². The van der Waals surface area contributed by atoms with Crippen molar-refractivity contribution in [3.05, 3.63) is 54.6 Å². The second-order valence-electron chi connectivity index (χ2n) is 9.78. The minimum absolute atomic E-state index is 0.609. The Kier molecular flexibility index (Phi) is 6.92. The highest BCUT2D eigenvalue weighted by Crippen LogP contribution is 2.29. The van der Waals surface area contributed by atoms with E-state index < -0.39 is 6.17 Å². The van der Waals surface area contributed by atoms with Crippen LogP contribution in [0, 0.1) is 0 Å². The van der Waals surface area contributed by atoms with Crippen molar-refractivity contribution in [1.82, 2.24) is 24.6 Å². The fraction of sp³-hybridized carbons (Fsp3) is 0.481. The summed E-state index contributed by atoms with van der Waals surface area (Å²) < 4.78 is 15.4. The average Bonchev–Trinajstić information content (AvgIpc) is 3.20. The number of aryl methyl sites for hydroxylation is 1. The molecule has 0 spiro atoms. The average molecular weight is 463 g/mol. The van der Waals surface area contributed by atoms with Crippen LogP contribution in [0.5, 0.6) is 0 Å². The number of piperidine rings is 2. The van der Waals surface area contributed by atoms with Gasteiger partial charge in [0.25, 0.3) is 0 Å². The van der Waals surface area contributed by atoms with Crippen molar-refractivity contribution in [3.8, 4) is 11.1 Å². The molecule has 1 aromatic carbocycles. The van der Waals surface area contributed by atoms with E-state index in [0.29, 0.717) is 19.4 Å². The van der Waals surface area contributed by atoms with Crippen LogP contribution >= 0.6 is 0 Å². The van der Waals surface area contributed by atoms with Crippen molar-refractivity contribution in [1.29, 1.82) is 0 Å². The zero-order chi connectivity index (χ0) is 23.5. The molecule has 0 atom stereocenters. The first kappa shape index (κ1) is 23.0. The second kappa shape index (κ2) is 10.2. The van der Waals surface area contributed by atoms with Gasteiger partial charge in [-0.05, 0) is 61.9 Å². The zero-order valence-electron chi connectivity index (χ0n) is 20.1. The third-order valence-corrected chi connectivity index (χ3v) is 7.15. The molecule has 0 unspecified atom stereocenters. The van der Waals surface area contributed by atoms with Crippen molar-refractivity contribution >= 4 is 16.6 Å². The molecule has 0 amide bonds. The van der Waals surface area contributed by atoms with E-state index in [1.54, 1.807) is 0 Å². The van der Waals surface area contributed by atoms with Gasteiger partial charge in [-0.15, -0.1) is 0 Å². The van der Waals surface area contributed by atoms with Gasteiger partial charge in [0.15, 0.2) is 0 Å². The van der Waals surface area contributed by atoms with Gasteiger partial charge in [0, 0.05) is 56.1 Å². The maximum atomic E-state index is 13.4. The first-order valence-electron chi connectivity index (χ1n) is 12.5. The fourth-order valence-electron chi connectivity index (χ4n) is 5.15. The van der Waals surface area contributed by atoms with E-state index >= 15 is 0 Å². The molecule has 7 heteroatoms. The van der Waals surface area contributed by atoms with Gasteiger partial charge in [-0.1, -0.05) is 25.1 Å². The number of benzene rings is 1. The molecule has 6 nitrogen and oxygen atoms in total. The summed E-state index contributed by atoms with van der Waals surface area (Å²) in [6.45, 7) is 9.71. The summed E-state index contributed by atoms with van der Waals surface area (Å²) in [5.74, 6) is 0.787. The Hall–Kier alpha value is -2.77. The number of hydrogen-bond donors (Lipinski definition) is 1. The molecule has 180 valence electrons. The maximum absolute atomic E-state index is 13.4. The smallest absolute Gasteiger partial charge is 0.130 e. The normalized spacial score (nSPS) is 18.4. The lowest BCUT2D eigenvalue weighted by molar-refractivity contribution is 0.160. The Morgan fingerprint density at radius 1 is 1.03 bits per heavy atom. The Bertz CT molecular complexity index is 1140. The molecule has 2 aromatic heterocycles. The molecule has 1 N–H and O–H groups in total. The quantitative estimate of drug-likeness (QED) is 0.537. The van der Waals surface area contributed by atoms with Crippen LogP contribution in [0.1, 0.15) is 37.8 Å². The Morgan fingerprint density at radius 2 is 1.82 bits per heavy atom. The van der Waals surface area contributed by atoms with Gasteiger partial charge in [0.2, 0.25) is 0 Å². The molecular weight excluding hydrogens is 427 g/mol. The van der Waals surface area contributed by atoms with E-state index in [-0.39, 0.29) is 0 Å². The number of halogens is 1.